The first-order chi connectivity index (χ1) is 9.60. The zero-order valence-corrected chi connectivity index (χ0v) is 11.1. The lowest BCUT2D eigenvalue weighted by atomic mass is 10.0. The normalized spacial score (nSPS) is 16.9. The Morgan fingerprint density at radius 2 is 1.95 bits per heavy atom. The van der Waals surface area contributed by atoms with Gasteiger partial charge < -0.3 is 4.74 Å². The molecule has 0 aliphatic carbocycles. The van der Waals surface area contributed by atoms with Crippen molar-refractivity contribution in [2.45, 2.75) is 19.8 Å². The van der Waals surface area contributed by atoms with Gasteiger partial charge in [0.2, 0.25) is 5.91 Å². The van der Waals surface area contributed by atoms with E-state index in [1.165, 1.54) is 0 Å². The molecule has 1 aliphatic rings. The Kier molecular flexibility index (Phi) is 4.30. The van der Waals surface area contributed by atoms with Gasteiger partial charge in [-0.25, -0.2) is 4.79 Å². The number of carbonyl (C=O) groups excluding carboxylic acids is 3. The third kappa shape index (κ3) is 3.32. The Morgan fingerprint density at radius 1 is 1.25 bits per heavy atom. The van der Waals surface area contributed by atoms with Crippen LogP contribution < -0.4 is 5.32 Å². The molecule has 1 aromatic carbocycles. The molecule has 0 unspecified atom stereocenters. The topological polar surface area (TPSA) is 72.5 Å². The molecule has 1 saturated heterocycles. The van der Waals surface area contributed by atoms with Crippen molar-refractivity contribution < 1.29 is 19.1 Å². The van der Waals surface area contributed by atoms with Crippen LogP contribution in [0.2, 0.25) is 0 Å². The van der Waals surface area contributed by atoms with Crippen LogP contribution >= 0.6 is 0 Å². The number of piperidine rings is 1. The number of rotatable bonds is 3. The summed E-state index contributed by atoms with van der Waals surface area (Å²) in [4.78, 5) is 34.1. The monoisotopic (exact) mass is 273 g/mol. The number of amides is 2. The molecule has 0 radical (unpaired) electrons. The van der Waals surface area contributed by atoms with E-state index in [9.17, 15) is 14.4 Å². The van der Waals surface area contributed by atoms with E-state index >= 15 is 0 Å². The zero-order valence-electron chi connectivity index (χ0n) is 11.1. The highest BCUT2D eigenvalue weighted by Crippen LogP contribution is 2.16. The van der Waals surface area contributed by atoms with Crippen LogP contribution in [0.3, 0.4) is 0 Å². The predicted molar refractivity (Wildman–Crippen MR) is 72.8 cm³/mol. The van der Waals surface area contributed by atoms with Gasteiger partial charge in [0, 0.05) is 12.0 Å². The van der Waals surface area contributed by atoms with E-state index < -0.39 is 0 Å². The van der Waals surface area contributed by atoms with Crippen molar-refractivity contribution in [3.05, 3.63) is 41.0 Å². The van der Waals surface area contributed by atoms with E-state index in [1.54, 1.807) is 37.3 Å². The van der Waals surface area contributed by atoms with E-state index in [0.717, 1.165) is 5.56 Å². The Morgan fingerprint density at radius 3 is 2.55 bits per heavy atom. The highest BCUT2D eigenvalue weighted by atomic mass is 16.5. The van der Waals surface area contributed by atoms with E-state index in [0.29, 0.717) is 30.6 Å². The Hall–Kier alpha value is -2.43. The van der Waals surface area contributed by atoms with Crippen molar-refractivity contribution in [3.63, 3.8) is 0 Å². The summed E-state index contributed by atoms with van der Waals surface area (Å²) in [6, 6.07) is 6.78. The molecule has 1 N–H and O–H groups in total. The summed E-state index contributed by atoms with van der Waals surface area (Å²) in [5.41, 5.74) is 1.84. The fourth-order valence-electron chi connectivity index (χ4n) is 1.90. The minimum absolute atomic E-state index is 0.246. The van der Waals surface area contributed by atoms with Gasteiger partial charge in [-0.2, -0.15) is 0 Å². The van der Waals surface area contributed by atoms with Crippen LogP contribution in [0.1, 0.15) is 35.7 Å². The smallest absolute Gasteiger partial charge is 0.338 e. The van der Waals surface area contributed by atoms with Crippen molar-refractivity contribution in [3.8, 4) is 0 Å². The lowest BCUT2D eigenvalue weighted by Crippen LogP contribution is -2.35. The lowest BCUT2D eigenvalue weighted by Gasteiger charge is -2.13. The van der Waals surface area contributed by atoms with Crippen LogP contribution in [0.5, 0.6) is 0 Å². The summed E-state index contributed by atoms with van der Waals surface area (Å²) >= 11 is 0. The van der Waals surface area contributed by atoms with Crippen LogP contribution in [-0.4, -0.2) is 24.4 Å². The van der Waals surface area contributed by atoms with Gasteiger partial charge in [-0.3, -0.25) is 14.9 Å². The minimum Gasteiger partial charge on any atom is -0.462 e. The summed E-state index contributed by atoms with van der Waals surface area (Å²) in [5, 5.41) is 2.28. The molecule has 0 saturated carbocycles. The molecule has 2 amide bonds. The molecule has 2 rings (SSSR count). The number of hydrogen-bond acceptors (Lipinski definition) is 4. The van der Waals surface area contributed by atoms with Crippen molar-refractivity contribution in [1.82, 2.24) is 5.32 Å². The van der Waals surface area contributed by atoms with E-state index in [2.05, 4.69) is 5.32 Å². The van der Waals surface area contributed by atoms with Crippen molar-refractivity contribution in [1.29, 1.82) is 0 Å². The fourth-order valence-corrected chi connectivity index (χ4v) is 1.90. The van der Waals surface area contributed by atoms with E-state index in [4.69, 9.17) is 4.74 Å². The highest BCUT2D eigenvalue weighted by Gasteiger charge is 2.19. The largest absolute Gasteiger partial charge is 0.462 e. The van der Waals surface area contributed by atoms with E-state index in [-0.39, 0.29) is 17.8 Å². The summed E-state index contributed by atoms with van der Waals surface area (Å²) in [5.74, 6) is -0.965. The third-order valence-corrected chi connectivity index (χ3v) is 2.93. The Balaban J connectivity index is 2.12. The molecule has 0 spiro atoms. The number of hydrogen-bond donors (Lipinski definition) is 1. The number of ether oxygens (including phenoxy) is 1. The number of benzene rings is 1. The van der Waals surface area contributed by atoms with Gasteiger partial charge in [0.05, 0.1) is 12.2 Å². The number of nitrogens with one attached hydrogen (secondary N) is 1. The number of esters is 1. The van der Waals surface area contributed by atoms with Gasteiger partial charge in [0.1, 0.15) is 0 Å². The van der Waals surface area contributed by atoms with Crippen LogP contribution in [0, 0.1) is 0 Å². The van der Waals surface area contributed by atoms with Crippen LogP contribution in [0.15, 0.2) is 29.8 Å². The lowest BCUT2D eigenvalue weighted by molar-refractivity contribution is -0.130. The zero-order chi connectivity index (χ0) is 14.5. The number of imide groups is 1. The quantitative estimate of drug-likeness (QED) is 0.516. The maximum absolute atomic E-state index is 11.6. The second-order valence-electron chi connectivity index (χ2n) is 4.39. The first kappa shape index (κ1) is 14.0. The van der Waals surface area contributed by atoms with Crippen molar-refractivity contribution in [2.75, 3.05) is 6.61 Å². The standard InChI is InChI=1S/C15H15NO4/c1-2-20-15(19)11-5-3-10(4-6-11)9-12-7-8-13(17)16-14(12)18/h3-6,9H,2,7-8H2,1H3,(H,16,17,18)/b12-9+. The van der Waals surface area contributed by atoms with Gasteiger partial charge in [0.25, 0.3) is 5.91 Å². The highest BCUT2D eigenvalue weighted by molar-refractivity contribution is 6.09. The first-order valence-electron chi connectivity index (χ1n) is 6.42. The second kappa shape index (κ2) is 6.14. The summed E-state index contributed by atoms with van der Waals surface area (Å²) in [7, 11) is 0. The molecular formula is C15H15NO4. The summed E-state index contributed by atoms with van der Waals surface area (Å²) < 4.78 is 4.89. The molecule has 0 aromatic heterocycles. The van der Waals surface area contributed by atoms with Crippen molar-refractivity contribution >= 4 is 23.9 Å². The van der Waals surface area contributed by atoms with Gasteiger partial charge in [0.15, 0.2) is 0 Å². The molecule has 1 heterocycles. The van der Waals surface area contributed by atoms with Crippen LogP contribution in [0.25, 0.3) is 6.08 Å². The molecular weight excluding hydrogens is 258 g/mol. The first-order valence-corrected chi connectivity index (χ1v) is 6.42. The molecule has 1 aliphatic heterocycles. The Labute approximate surface area is 116 Å². The Bertz CT molecular complexity index is 572. The maximum atomic E-state index is 11.6. The van der Waals surface area contributed by atoms with Gasteiger partial charge in [-0.15, -0.1) is 0 Å². The molecule has 104 valence electrons. The second-order valence-corrected chi connectivity index (χ2v) is 4.39. The van der Waals surface area contributed by atoms with Crippen LogP contribution in [-0.2, 0) is 14.3 Å². The van der Waals surface area contributed by atoms with Gasteiger partial charge in [-0.1, -0.05) is 12.1 Å². The molecule has 20 heavy (non-hydrogen) atoms. The minimum atomic E-state index is -0.368. The maximum Gasteiger partial charge on any atom is 0.338 e. The van der Waals surface area contributed by atoms with Crippen molar-refractivity contribution in [2.24, 2.45) is 0 Å². The average Bonchev–Trinajstić information content (AvgIpc) is 2.43. The molecule has 1 aromatic rings. The summed E-state index contributed by atoms with van der Waals surface area (Å²) in [6.45, 7) is 2.08. The molecule has 0 atom stereocenters. The predicted octanol–water partition coefficient (Wildman–Crippen LogP) is 1.68. The van der Waals surface area contributed by atoms with E-state index in [1.807, 2.05) is 0 Å². The van der Waals surface area contributed by atoms with Gasteiger partial charge >= 0.3 is 5.97 Å². The number of carbonyl (C=O) groups is 3. The SMILES string of the molecule is CCOC(=O)c1ccc(/C=C2\CCC(=O)NC2=O)cc1. The average molecular weight is 273 g/mol. The molecule has 1 fully saturated rings. The fraction of sp³-hybridized carbons (Fsp3) is 0.267. The van der Waals surface area contributed by atoms with Crippen LogP contribution in [0.4, 0.5) is 0 Å². The molecule has 0 bridgehead atoms. The van der Waals surface area contributed by atoms with Gasteiger partial charge in [-0.05, 0) is 37.1 Å². The third-order valence-electron chi connectivity index (χ3n) is 2.93. The summed E-state index contributed by atoms with van der Waals surface area (Å²) in [6.07, 6.45) is 2.47. The molecule has 5 heteroatoms. The molecule has 5 nitrogen and oxygen atoms in total.